The average Bonchev–Trinajstić information content (AvgIpc) is 2.65. The summed E-state index contributed by atoms with van der Waals surface area (Å²) in [7, 11) is 0. The van der Waals surface area contributed by atoms with E-state index < -0.39 is 18.5 Å². The molecular weight excluding hydrogens is 316 g/mol. The molecule has 0 bridgehead atoms. The number of nitrogens with zero attached hydrogens (tertiary/aromatic N) is 1. The molecule has 0 aliphatic carbocycles. The highest BCUT2D eigenvalue weighted by Gasteiger charge is 2.15. The van der Waals surface area contributed by atoms with E-state index in [0.29, 0.717) is 5.56 Å². The number of esters is 1. The smallest absolute Gasteiger partial charge is 0.349 e. The first kappa shape index (κ1) is 18.0. The van der Waals surface area contributed by atoms with Crippen molar-refractivity contribution in [2.45, 2.75) is 13.0 Å². The number of ether oxygens (including phenoxy) is 1. The van der Waals surface area contributed by atoms with Crippen LogP contribution in [-0.4, -0.2) is 18.5 Å². The normalized spacial score (nSPS) is 11.9. The Bertz CT molecular complexity index is 793. The van der Waals surface area contributed by atoms with Gasteiger partial charge in [0.15, 0.2) is 6.61 Å². The van der Waals surface area contributed by atoms with Crippen molar-refractivity contribution < 1.29 is 14.3 Å². The van der Waals surface area contributed by atoms with Crippen molar-refractivity contribution in [3.05, 3.63) is 77.4 Å². The Hall–Kier alpha value is -3.39. The zero-order valence-corrected chi connectivity index (χ0v) is 13.8. The molecule has 2 aromatic rings. The fraction of sp³-hybridized carbons (Fsp3) is 0.150. The van der Waals surface area contributed by atoms with Crippen LogP contribution in [0.5, 0.6) is 0 Å². The first-order valence-electron chi connectivity index (χ1n) is 7.78. The predicted molar refractivity (Wildman–Crippen MR) is 94.0 cm³/mol. The van der Waals surface area contributed by atoms with Crippen molar-refractivity contribution in [3.8, 4) is 6.07 Å². The minimum absolute atomic E-state index is 0.157. The molecule has 0 spiro atoms. The highest BCUT2D eigenvalue weighted by molar-refractivity contribution is 5.98. The maximum atomic E-state index is 11.9. The standard InChI is InChI=1S/C20H18N2O3/c1-15(17-10-6-3-7-11-17)22-19(23)14-25-20(24)18(13-21)12-16-8-4-2-5-9-16/h2-12,15H,14H2,1H3,(H,22,23)/b18-12+/t15-/m1/s1. The van der Waals surface area contributed by atoms with Gasteiger partial charge >= 0.3 is 5.97 Å². The molecule has 126 valence electrons. The van der Waals surface area contributed by atoms with E-state index in [0.717, 1.165) is 5.56 Å². The summed E-state index contributed by atoms with van der Waals surface area (Å²) in [4.78, 5) is 23.9. The first-order chi connectivity index (χ1) is 12.1. The van der Waals surface area contributed by atoms with Crippen LogP contribution in [0.15, 0.2) is 66.2 Å². The van der Waals surface area contributed by atoms with Gasteiger partial charge in [0.2, 0.25) is 0 Å². The molecule has 1 amide bonds. The van der Waals surface area contributed by atoms with Crippen LogP contribution in [0, 0.1) is 11.3 Å². The Morgan fingerprint density at radius 3 is 2.32 bits per heavy atom. The third-order valence-electron chi connectivity index (χ3n) is 3.46. The molecule has 1 N–H and O–H groups in total. The molecule has 5 heteroatoms. The number of nitrogens with one attached hydrogen (secondary N) is 1. The summed E-state index contributed by atoms with van der Waals surface area (Å²) >= 11 is 0. The highest BCUT2D eigenvalue weighted by Crippen LogP contribution is 2.11. The van der Waals surface area contributed by atoms with Crippen molar-refractivity contribution >= 4 is 18.0 Å². The fourth-order valence-electron chi connectivity index (χ4n) is 2.17. The van der Waals surface area contributed by atoms with Gasteiger partial charge in [-0.05, 0) is 24.1 Å². The minimum atomic E-state index is -0.825. The minimum Gasteiger partial charge on any atom is -0.451 e. The second-order valence-corrected chi connectivity index (χ2v) is 5.36. The molecule has 25 heavy (non-hydrogen) atoms. The molecular formula is C20H18N2O3. The molecule has 0 aliphatic heterocycles. The lowest BCUT2D eigenvalue weighted by atomic mass is 10.1. The van der Waals surface area contributed by atoms with Crippen LogP contribution in [0.1, 0.15) is 24.1 Å². The number of rotatable bonds is 6. The molecule has 2 aromatic carbocycles. The Kier molecular flexibility index (Phi) is 6.49. The largest absolute Gasteiger partial charge is 0.451 e. The van der Waals surface area contributed by atoms with Gasteiger partial charge in [-0.2, -0.15) is 5.26 Å². The maximum absolute atomic E-state index is 11.9. The summed E-state index contributed by atoms with van der Waals surface area (Å²) in [5.41, 5.74) is 1.50. The fourth-order valence-corrected chi connectivity index (χ4v) is 2.17. The van der Waals surface area contributed by atoms with E-state index in [-0.39, 0.29) is 11.6 Å². The Labute approximate surface area is 146 Å². The number of nitriles is 1. The van der Waals surface area contributed by atoms with Crippen molar-refractivity contribution in [2.75, 3.05) is 6.61 Å². The first-order valence-corrected chi connectivity index (χ1v) is 7.78. The van der Waals surface area contributed by atoms with Gasteiger partial charge in [0.1, 0.15) is 11.6 Å². The number of hydrogen-bond donors (Lipinski definition) is 1. The van der Waals surface area contributed by atoms with Crippen LogP contribution in [0.2, 0.25) is 0 Å². The summed E-state index contributed by atoms with van der Waals surface area (Å²) in [6.07, 6.45) is 1.42. The second-order valence-electron chi connectivity index (χ2n) is 5.36. The van der Waals surface area contributed by atoms with Crippen LogP contribution in [0.25, 0.3) is 6.08 Å². The summed E-state index contributed by atoms with van der Waals surface area (Å²) in [5, 5.41) is 11.8. The molecule has 0 unspecified atom stereocenters. The topological polar surface area (TPSA) is 79.2 Å². The van der Waals surface area contributed by atoms with E-state index in [1.165, 1.54) is 6.08 Å². The lowest BCUT2D eigenvalue weighted by molar-refractivity contribution is -0.144. The van der Waals surface area contributed by atoms with Crippen LogP contribution in [-0.2, 0) is 14.3 Å². The van der Waals surface area contributed by atoms with Crippen LogP contribution >= 0.6 is 0 Å². The van der Waals surface area contributed by atoms with Gasteiger partial charge in [-0.1, -0.05) is 60.7 Å². The second kappa shape index (κ2) is 9.04. The zero-order chi connectivity index (χ0) is 18.1. The van der Waals surface area contributed by atoms with Crippen LogP contribution < -0.4 is 5.32 Å². The van der Waals surface area contributed by atoms with Crippen LogP contribution in [0.3, 0.4) is 0 Å². The zero-order valence-electron chi connectivity index (χ0n) is 13.8. The van der Waals surface area contributed by atoms with Gasteiger partial charge in [0.05, 0.1) is 6.04 Å². The monoisotopic (exact) mass is 334 g/mol. The molecule has 1 atom stereocenters. The van der Waals surface area contributed by atoms with Gasteiger partial charge in [-0.25, -0.2) is 4.79 Å². The van der Waals surface area contributed by atoms with Crippen LogP contribution in [0.4, 0.5) is 0 Å². The summed E-state index contributed by atoms with van der Waals surface area (Å²) in [6.45, 7) is 1.40. The molecule has 2 rings (SSSR count). The molecule has 0 aliphatic rings. The van der Waals surface area contributed by atoms with Gasteiger partial charge in [-0.3, -0.25) is 4.79 Å². The molecule has 0 saturated heterocycles. The van der Waals surface area contributed by atoms with E-state index >= 15 is 0 Å². The maximum Gasteiger partial charge on any atom is 0.349 e. The Balaban J connectivity index is 1.89. The molecule has 0 fully saturated rings. The quantitative estimate of drug-likeness (QED) is 0.500. The lowest BCUT2D eigenvalue weighted by Crippen LogP contribution is -2.31. The Morgan fingerprint density at radius 2 is 1.72 bits per heavy atom. The highest BCUT2D eigenvalue weighted by atomic mass is 16.5. The van der Waals surface area contributed by atoms with Gasteiger partial charge in [0.25, 0.3) is 5.91 Å². The van der Waals surface area contributed by atoms with Gasteiger partial charge < -0.3 is 10.1 Å². The summed E-state index contributed by atoms with van der Waals surface area (Å²) in [5.74, 6) is -1.25. The summed E-state index contributed by atoms with van der Waals surface area (Å²) < 4.78 is 4.92. The third kappa shape index (κ3) is 5.63. The molecule has 0 saturated carbocycles. The predicted octanol–water partition coefficient (Wildman–Crippen LogP) is 3.01. The number of amides is 1. The van der Waals surface area contributed by atoms with E-state index in [4.69, 9.17) is 10.00 Å². The van der Waals surface area contributed by atoms with Gasteiger partial charge in [-0.15, -0.1) is 0 Å². The average molecular weight is 334 g/mol. The van der Waals surface area contributed by atoms with Crippen molar-refractivity contribution in [3.63, 3.8) is 0 Å². The SMILES string of the molecule is C[C@@H](NC(=O)COC(=O)/C(C#N)=C/c1ccccc1)c1ccccc1. The molecule has 0 aromatic heterocycles. The number of carbonyl (C=O) groups is 2. The van der Waals surface area contributed by atoms with E-state index in [1.807, 2.05) is 43.3 Å². The van der Waals surface area contributed by atoms with Gasteiger partial charge in [0, 0.05) is 0 Å². The molecule has 0 heterocycles. The molecule has 5 nitrogen and oxygen atoms in total. The lowest BCUT2D eigenvalue weighted by Gasteiger charge is -2.14. The van der Waals surface area contributed by atoms with Crippen molar-refractivity contribution in [2.24, 2.45) is 0 Å². The third-order valence-corrected chi connectivity index (χ3v) is 3.46. The molecule has 0 radical (unpaired) electrons. The number of carbonyl (C=O) groups excluding carboxylic acids is 2. The van der Waals surface area contributed by atoms with E-state index in [9.17, 15) is 9.59 Å². The van der Waals surface area contributed by atoms with Crippen molar-refractivity contribution in [1.29, 1.82) is 5.26 Å². The number of hydrogen-bond acceptors (Lipinski definition) is 4. The number of benzene rings is 2. The van der Waals surface area contributed by atoms with Crippen molar-refractivity contribution in [1.82, 2.24) is 5.32 Å². The van der Waals surface area contributed by atoms with E-state index in [1.54, 1.807) is 30.3 Å². The van der Waals surface area contributed by atoms with E-state index in [2.05, 4.69) is 5.32 Å². The summed E-state index contributed by atoms with van der Waals surface area (Å²) in [6, 6.07) is 20.0. The Morgan fingerprint density at radius 1 is 1.12 bits per heavy atom.